The Kier molecular flexibility index (Phi) is 6.79. The highest BCUT2D eigenvalue weighted by molar-refractivity contribution is 9.10. The molecule has 0 bridgehead atoms. The van der Waals surface area contributed by atoms with Crippen LogP contribution < -0.4 is 5.32 Å². The number of rotatable bonds is 7. The molecule has 1 unspecified atom stereocenters. The molecule has 1 amide bonds. The Labute approximate surface area is 125 Å². The maximum Gasteiger partial charge on any atom is 0.408 e. The molecule has 0 saturated carbocycles. The molecule has 0 aliphatic rings. The number of alkyl carbamates (subject to hydrolysis) is 1. The van der Waals surface area contributed by atoms with Gasteiger partial charge in [-0.3, -0.25) is 0 Å². The molecule has 0 heterocycles. The van der Waals surface area contributed by atoms with Crippen molar-refractivity contribution >= 4 is 28.0 Å². The van der Waals surface area contributed by atoms with E-state index >= 15 is 0 Å². The maximum atomic E-state index is 11.3. The van der Waals surface area contributed by atoms with Crippen LogP contribution in [0, 0.1) is 0 Å². The quantitative estimate of drug-likeness (QED) is 0.747. The summed E-state index contributed by atoms with van der Waals surface area (Å²) in [6.07, 6.45) is 1.50. The second kappa shape index (κ2) is 8.37. The Balaban J connectivity index is 2.50. The summed E-state index contributed by atoms with van der Waals surface area (Å²) in [5.41, 5.74) is 1.00. The van der Waals surface area contributed by atoms with Crippen LogP contribution in [0.15, 0.2) is 41.4 Å². The number of hydrogen-bond acceptors (Lipinski definition) is 3. The number of nitrogens with one attached hydrogen (secondary N) is 1. The van der Waals surface area contributed by atoms with Crippen molar-refractivity contribution < 1.29 is 19.4 Å². The molecule has 1 atom stereocenters. The lowest BCUT2D eigenvalue weighted by molar-refractivity contribution is -0.139. The number of carboxylic acids is 1. The molecule has 0 saturated heterocycles. The van der Waals surface area contributed by atoms with Crippen molar-refractivity contribution in [3.05, 3.63) is 47.0 Å². The Morgan fingerprint density at radius 1 is 1.40 bits per heavy atom. The third-order valence-electron chi connectivity index (χ3n) is 2.56. The van der Waals surface area contributed by atoms with Crippen molar-refractivity contribution in [3.8, 4) is 0 Å². The largest absolute Gasteiger partial charge is 0.480 e. The van der Waals surface area contributed by atoms with Crippen LogP contribution in [0.4, 0.5) is 4.79 Å². The smallest absolute Gasteiger partial charge is 0.408 e. The highest BCUT2D eigenvalue weighted by Crippen LogP contribution is 2.12. The van der Waals surface area contributed by atoms with E-state index in [0.29, 0.717) is 12.8 Å². The van der Waals surface area contributed by atoms with Crippen LogP contribution in [-0.4, -0.2) is 29.8 Å². The molecule has 1 aromatic rings. The van der Waals surface area contributed by atoms with E-state index in [9.17, 15) is 9.59 Å². The number of amides is 1. The first-order valence-electron chi connectivity index (χ1n) is 6.04. The van der Waals surface area contributed by atoms with Crippen LogP contribution in [0.5, 0.6) is 0 Å². The first-order chi connectivity index (χ1) is 9.52. The molecule has 0 aromatic heterocycles. The van der Waals surface area contributed by atoms with E-state index in [4.69, 9.17) is 9.84 Å². The Morgan fingerprint density at radius 2 is 2.05 bits per heavy atom. The van der Waals surface area contributed by atoms with Crippen molar-refractivity contribution in [2.45, 2.75) is 18.9 Å². The summed E-state index contributed by atoms with van der Waals surface area (Å²) in [7, 11) is 0. The Bertz CT molecular complexity index is 473. The van der Waals surface area contributed by atoms with Gasteiger partial charge in [-0.1, -0.05) is 40.7 Å². The topological polar surface area (TPSA) is 75.6 Å². The number of carbonyl (C=O) groups excluding carboxylic acids is 1. The molecule has 2 N–H and O–H groups in total. The van der Waals surface area contributed by atoms with Crippen LogP contribution >= 0.6 is 15.9 Å². The van der Waals surface area contributed by atoms with E-state index in [1.807, 2.05) is 24.3 Å². The van der Waals surface area contributed by atoms with Gasteiger partial charge in [0.15, 0.2) is 0 Å². The van der Waals surface area contributed by atoms with Gasteiger partial charge in [0.25, 0.3) is 0 Å². The van der Waals surface area contributed by atoms with E-state index in [2.05, 4.69) is 27.8 Å². The number of aryl methyl sites for hydroxylation is 1. The predicted octanol–water partition coefficient (Wildman–Crippen LogP) is 2.75. The summed E-state index contributed by atoms with van der Waals surface area (Å²) in [4.78, 5) is 22.4. The number of hydrogen-bond donors (Lipinski definition) is 2. The highest BCUT2D eigenvalue weighted by Gasteiger charge is 2.20. The summed E-state index contributed by atoms with van der Waals surface area (Å²) < 4.78 is 5.66. The fourth-order valence-corrected chi connectivity index (χ4v) is 1.80. The van der Waals surface area contributed by atoms with Crippen molar-refractivity contribution in [3.63, 3.8) is 0 Å². The molecule has 0 fully saturated rings. The van der Waals surface area contributed by atoms with E-state index < -0.39 is 18.1 Å². The molecule has 20 heavy (non-hydrogen) atoms. The first kappa shape index (κ1) is 16.2. The Morgan fingerprint density at radius 3 is 2.60 bits per heavy atom. The van der Waals surface area contributed by atoms with Gasteiger partial charge in [-0.15, -0.1) is 0 Å². The minimum atomic E-state index is -1.09. The van der Waals surface area contributed by atoms with Gasteiger partial charge in [0.1, 0.15) is 12.6 Å². The molecule has 6 heteroatoms. The minimum absolute atomic E-state index is 0.0465. The van der Waals surface area contributed by atoms with E-state index in [-0.39, 0.29) is 6.61 Å². The molecule has 1 rings (SSSR count). The number of benzene rings is 1. The van der Waals surface area contributed by atoms with Crippen molar-refractivity contribution in [1.29, 1.82) is 0 Å². The number of ether oxygens (including phenoxy) is 1. The molecular weight excluding hydrogens is 326 g/mol. The third kappa shape index (κ3) is 5.88. The van der Waals surface area contributed by atoms with Gasteiger partial charge < -0.3 is 15.2 Å². The van der Waals surface area contributed by atoms with Crippen LogP contribution in [0.1, 0.15) is 12.0 Å². The number of carbonyl (C=O) groups is 2. The van der Waals surface area contributed by atoms with Crippen LogP contribution in [0.25, 0.3) is 0 Å². The second-order valence-corrected chi connectivity index (χ2v) is 5.00. The number of carboxylic acid groups (broad SMARTS) is 1. The lowest BCUT2D eigenvalue weighted by Gasteiger charge is -2.14. The standard InChI is InChI=1S/C14H16BrNO4/c1-2-9-20-14(19)16-12(13(17)18)8-5-10-3-6-11(15)7-4-10/h2-4,6-7,12H,1,5,8-9H2,(H,16,19)(H,17,18). The minimum Gasteiger partial charge on any atom is -0.480 e. The normalized spacial score (nSPS) is 11.4. The van der Waals surface area contributed by atoms with Gasteiger partial charge in [0.2, 0.25) is 0 Å². The fourth-order valence-electron chi connectivity index (χ4n) is 1.54. The van der Waals surface area contributed by atoms with Gasteiger partial charge in [-0.25, -0.2) is 9.59 Å². The molecule has 5 nitrogen and oxygen atoms in total. The second-order valence-electron chi connectivity index (χ2n) is 4.09. The monoisotopic (exact) mass is 341 g/mol. The van der Waals surface area contributed by atoms with Crippen molar-refractivity contribution in [1.82, 2.24) is 5.32 Å². The molecular formula is C14H16BrNO4. The average Bonchev–Trinajstić information content (AvgIpc) is 2.42. The number of aliphatic carboxylic acids is 1. The zero-order valence-electron chi connectivity index (χ0n) is 10.8. The lowest BCUT2D eigenvalue weighted by atomic mass is 10.1. The number of halogens is 1. The van der Waals surface area contributed by atoms with Gasteiger partial charge in [0.05, 0.1) is 0 Å². The van der Waals surface area contributed by atoms with Crippen molar-refractivity contribution in [2.75, 3.05) is 6.61 Å². The van der Waals surface area contributed by atoms with Crippen LogP contribution in [-0.2, 0) is 16.0 Å². The highest BCUT2D eigenvalue weighted by atomic mass is 79.9. The average molecular weight is 342 g/mol. The zero-order chi connectivity index (χ0) is 15.0. The Hall–Kier alpha value is -1.82. The third-order valence-corrected chi connectivity index (χ3v) is 3.09. The van der Waals surface area contributed by atoms with Gasteiger partial charge in [-0.05, 0) is 30.5 Å². The van der Waals surface area contributed by atoms with Gasteiger partial charge >= 0.3 is 12.1 Å². The van der Waals surface area contributed by atoms with Crippen LogP contribution in [0.3, 0.4) is 0 Å². The van der Waals surface area contributed by atoms with Crippen molar-refractivity contribution in [2.24, 2.45) is 0 Å². The van der Waals surface area contributed by atoms with Gasteiger partial charge in [-0.2, -0.15) is 0 Å². The van der Waals surface area contributed by atoms with E-state index in [1.165, 1.54) is 6.08 Å². The summed E-state index contributed by atoms with van der Waals surface area (Å²) in [5, 5.41) is 11.4. The molecule has 0 spiro atoms. The molecule has 0 aliphatic carbocycles. The van der Waals surface area contributed by atoms with E-state index in [1.54, 1.807) is 0 Å². The summed E-state index contributed by atoms with van der Waals surface area (Å²) in [5.74, 6) is -1.09. The molecule has 108 valence electrons. The summed E-state index contributed by atoms with van der Waals surface area (Å²) in [6, 6.07) is 6.60. The maximum absolute atomic E-state index is 11.3. The predicted molar refractivity (Wildman–Crippen MR) is 78.6 cm³/mol. The summed E-state index contributed by atoms with van der Waals surface area (Å²) in [6.45, 7) is 3.45. The fraction of sp³-hybridized carbons (Fsp3) is 0.286. The van der Waals surface area contributed by atoms with Gasteiger partial charge in [0, 0.05) is 4.47 Å². The molecule has 0 aliphatic heterocycles. The molecule has 0 radical (unpaired) electrons. The SMILES string of the molecule is C=CCOC(=O)NC(CCc1ccc(Br)cc1)C(=O)O. The first-order valence-corrected chi connectivity index (χ1v) is 6.83. The lowest BCUT2D eigenvalue weighted by Crippen LogP contribution is -2.41. The van der Waals surface area contributed by atoms with E-state index in [0.717, 1.165) is 10.0 Å². The zero-order valence-corrected chi connectivity index (χ0v) is 12.4. The summed E-state index contributed by atoms with van der Waals surface area (Å²) >= 11 is 3.33. The molecule has 1 aromatic carbocycles. The van der Waals surface area contributed by atoms with Crippen LogP contribution in [0.2, 0.25) is 0 Å².